The van der Waals surface area contributed by atoms with E-state index in [-0.39, 0.29) is 23.9 Å². The van der Waals surface area contributed by atoms with Crippen LogP contribution in [0.2, 0.25) is 0 Å². The van der Waals surface area contributed by atoms with Gasteiger partial charge < -0.3 is 19.6 Å². The molecule has 0 radical (unpaired) electrons. The molecule has 8 nitrogen and oxygen atoms in total. The Morgan fingerprint density at radius 3 is 2.50 bits per heavy atom. The van der Waals surface area contributed by atoms with Crippen LogP contribution in [0.3, 0.4) is 0 Å². The first-order valence-corrected chi connectivity index (χ1v) is 11.4. The van der Waals surface area contributed by atoms with Crippen molar-refractivity contribution in [2.45, 2.75) is 44.2 Å². The fourth-order valence-electron chi connectivity index (χ4n) is 4.44. The molecule has 1 aromatic carbocycles. The Kier molecular flexibility index (Phi) is 6.91. The summed E-state index contributed by atoms with van der Waals surface area (Å²) in [7, 11) is 0. The first kappa shape index (κ1) is 22.5. The fourth-order valence-corrected chi connectivity index (χ4v) is 4.44. The number of aromatic nitrogens is 2. The summed E-state index contributed by atoms with van der Waals surface area (Å²) in [5.41, 5.74) is -0.0414. The summed E-state index contributed by atoms with van der Waals surface area (Å²) in [5, 5.41) is 11.1. The largest absolute Gasteiger partial charge is 0.388 e. The van der Waals surface area contributed by atoms with Crippen LogP contribution in [0.4, 0.5) is 5.82 Å². The van der Waals surface area contributed by atoms with Crippen molar-refractivity contribution in [3.8, 4) is 0 Å². The molecule has 2 aliphatic rings. The summed E-state index contributed by atoms with van der Waals surface area (Å²) in [5.74, 6) is 0.908. The number of anilines is 1. The number of nitrogens with zero attached hydrogens (tertiary/aromatic N) is 4. The highest BCUT2D eigenvalue weighted by molar-refractivity contribution is 5.77. The van der Waals surface area contributed by atoms with Gasteiger partial charge in [0.1, 0.15) is 5.82 Å². The van der Waals surface area contributed by atoms with E-state index in [4.69, 9.17) is 4.74 Å². The van der Waals surface area contributed by atoms with Crippen molar-refractivity contribution in [1.29, 1.82) is 0 Å². The van der Waals surface area contributed by atoms with Crippen LogP contribution in [-0.2, 0) is 16.1 Å². The molecule has 2 aliphatic heterocycles. The number of ether oxygens (including phenoxy) is 1. The van der Waals surface area contributed by atoms with E-state index in [9.17, 15) is 14.7 Å². The summed E-state index contributed by atoms with van der Waals surface area (Å²) in [4.78, 5) is 33.7. The van der Waals surface area contributed by atoms with E-state index in [0.29, 0.717) is 64.5 Å². The molecule has 0 saturated carbocycles. The summed E-state index contributed by atoms with van der Waals surface area (Å²) >= 11 is 0. The van der Waals surface area contributed by atoms with Gasteiger partial charge in [-0.2, -0.15) is 0 Å². The van der Waals surface area contributed by atoms with Crippen LogP contribution < -0.4 is 10.5 Å². The summed E-state index contributed by atoms with van der Waals surface area (Å²) in [6.45, 7) is 5.92. The molecule has 0 aliphatic carbocycles. The molecule has 1 amide bonds. The van der Waals surface area contributed by atoms with Gasteiger partial charge >= 0.3 is 0 Å². The number of carbonyl (C=O) groups excluding carboxylic acids is 1. The molecule has 1 N–H and O–H groups in total. The normalized spacial score (nSPS) is 19.6. The number of likely N-dealkylation sites (tertiary alicyclic amines) is 1. The van der Waals surface area contributed by atoms with Gasteiger partial charge in [0.25, 0.3) is 5.56 Å². The first-order valence-electron chi connectivity index (χ1n) is 11.4. The molecule has 32 heavy (non-hydrogen) atoms. The van der Waals surface area contributed by atoms with Gasteiger partial charge in [0, 0.05) is 38.7 Å². The van der Waals surface area contributed by atoms with Gasteiger partial charge in [-0.3, -0.25) is 14.2 Å². The van der Waals surface area contributed by atoms with E-state index < -0.39 is 5.60 Å². The topological polar surface area (TPSA) is 87.9 Å². The molecule has 0 unspecified atom stereocenters. The number of rotatable bonds is 6. The number of amides is 1. The van der Waals surface area contributed by atoms with E-state index in [1.165, 1.54) is 17.0 Å². The Labute approximate surface area is 188 Å². The molecule has 0 spiro atoms. The third-order valence-corrected chi connectivity index (χ3v) is 6.56. The van der Waals surface area contributed by atoms with E-state index in [1.807, 2.05) is 40.1 Å². The molecule has 4 rings (SSSR count). The number of benzene rings is 1. The number of carbonyl (C=O) groups is 1. The molecule has 1 aromatic heterocycles. The van der Waals surface area contributed by atoms with Crippen molar-refractivity contribution in [1.82, 2.24) is 14.5 Å². The number of morpholine rings is 1. The number of aliphatic hydroxyl groups is 1. The van der Waals surface area contributed by atoms with Crippen molar-refractivity contribution in [2.75, 3.05) is 44.3 Å². The van der Waals surface area contributed by atoms with E-state index in [1.54, 1.807) is 0 Å². The summed E-state index contributed by atoms with van der Waals surface area (Å²) in [6, 6.07) is 11.6. The fraction of sp³-hybridized carbons (Fsp3) is 0.542. The molecular formula is C24H32N4O4. The molecule has 3 heterocycles. The molecule has 0 bridgehead atoms. The van der Waals surface area contributed by atoms with Crippen LogP contribution in [0.15, 0.2) is 47.5 Å². The van der Waals surface area contributed by atoms with Gasteiger partial charge in [0.2, 0.25) is 5.91 Å². The summed E-state index contributed by atoms with van der Waals surface area (Å²) < 4.78 is 6.82. The lowest BCUT2D eigenvalue weighted by Crippen LogP contribution is -2.49. The van der Waals surface area contributed by atoms with Gasteiger partial charge in [-0.05, 0) is 24.3 Å². The standard InChI is InChI=1S/C24H32N4O4/c1-19(20-5-3-2-4-6-20)15-22(29)27-9-7-24(31,8-10-27)17-28-18-25-21(16-23(28)30)26-11-13-32-14-12-26/h2-6,16,18-19,31H,7-15,17H2,1H3/t19-/m1/s1. The third-order valence-electron chi connectivity index (χ3n) is 6.56. The van der Waals surface area contributed by atoms with E-state index >= 15 is 0 Å². The smallest absolute Gasteiger partial charge is 0.255 e. The Hall–Kier alpha value is -2.71. The van der Waals surface area contributed by atoms with E-state index in [0.717, 1.165) is 5.56 Å². The van der Waals surface area contributed by atoms with Crippen molar-refractivity contribution in [3.05, 3.63) is 58.6 Å². The maximum atomic E-state index is 12.8. The van der Waals surface area contributed by atoms with Gasteiger partial charge in [-0.15, -0.1) is 0 Å². The predicted octanol–water partition coefficient (Wildman–Crippen LogP) is 1.63. The molecule has 8 heteroatoms. The van der Waals surface area contributed by atoms with Gasteiger partial charge in [-0.25, -0.2) is 4.98 Å². The van der Waals surface area contributed by atoms with Crippen LogP contribution in [0, 0.1) is 0 Å². The maximum Gasteiger partial charge on any atom is 0.255 e. The highest BCUT2D eigenvalue weighted by atomic mass is 16.5. The van der Waals surface area contributed by atoms with Crippen LogP contribution in [0.5, 0.6) is 0 Å². The van der Waals surface area contributed by atoms with Crippen molar-refractivity contribution >= 4 is 11.7 Å². The lowest BCUT2D eigenvalue weighted by atomic mass is 9.90. The van der Waals surface area contributed by atoms with Gasteiger partial charge in [-0.1, -0.05) is 37.3 Å². The molecule has 2 saturated heterocycles. The minimum absolute atomic E-state index is 0.108. The Balaban J connectivity index is 1.32. The monoisotopic (exact) mass is 440 g/mol. The molecular weight excluding hydrogens is 408 g/mol. The minimum atomic E-state index is -1.02. The van der Waals surface area contributed by atoms with Crippen LogP contribution in [-0.4, -0.2) is 70.5 Å². The zero-order valence-corrected chi connectivity index (χ0v) is 18.7. The van der Waals surface area contributed by atoms with Crippen LogP contribution in [0.25, 0.3) is 0 Å². The maximum absolute atomic E-state index is 12.8. The van der Waals surface area contributed by atoms with Crippen LogP contribution >= 0.6 is 0 Å². The quantitative estimate of drug-likeness (QED) is 0.735. The Morgan fingerprint density at radius 2 is 1.84 bits per heavy atom. The summed E-state index contributed by atoms with van der Waals surface area (Å²) in [6.07, 6.45) is 2.85. The number of piperidine rings is 1. The van der Waals surface area contributed by atoms with E-state index in [2.05, 4.69) is 11.9 Å². The second-order valence-electron chi connectivity index (χ2n) is 8.93. The Bertz CT molecular complexity index is 963. The third kappa shape index (κ3) is 5.37. The van der Waals surface area contributed by atoms with Gasteiger partial charge in [0.05, 0.1) is 31.7 Å². The SMILES string of the molecule is C[C@H](CC(=O)N1CCC(O)(Cn2cnc(N3CCOCC3)cc2=O)CC1)c1ccccc1. The predicted molar refractivity (Wildman–Crippen MR) is 122 cm³/mol. The number of hydrogen-bond acceptors (Lipinski definition) is 6. The average molecular weight is 441 g/mol. The van der Waals surface area contributed by atoms with Crippen molar-refractivity contribution < 1.29 is 14.6 Å². The lowest BCUT2D eigenvalue weighted by molar-refractivity contribution is -0.136. The zero-order chi connectivity index (χ0) is 22.6. The van der Waals surface area contributed by atoms with Crippen molar-refractivity contribution in [2.24, 2.45) is 0 Å². The minimum Gasteiger partial charge on any atom is -0.388 e. The second kappa shape index (κ2) is 9.83. The first-order chi connectivity index (χ1) is 15.4. The Morgan fingerprint density at radius 1 is 1.16 bits per heavy atom. The molecule has 2 aromatic rings. The van der Waals surface area contributed by atoms with Crippen LogP contribution in [0.1, 0.15) is 37.7 Å². The second-order valence-corrected chi connectivity index (χ2v) is 8.93. The lowest BCUT2D eigenvalue weighted by Gasteiger charge is -2.38. The number of hydrogen-bond donors (Lipinski definition) is 1. The zero-order valence-electron chi connectivity index (χ0n) is 18.7. The highest BCUT2D eigenvalue weighted by Crippen LogP contribution is 2.26. The molecule has 172 valence electrons. The average Bonchev–Trinajstić information content (AvgIpc) is 2.82. The van der Waals surface area contributed by atoms with Gasteiger partial charge in [0.15, 0.2) is 0 Å². The highest BCUT2D eigenvalue weighted by Gasteiger charge is 2.35. The molecule has 2 fully saturated rings. The molecule has 1 atom stereocenters. The van der Waals surface area contributed by atoms with Crippen molar-refractivity contribution in [3.63, 3.8) is 0 Å².